The fraction of sp³-hybridized carbons (Fsp3) is 0.650. The number of rotatable bonds is 4. The van der Waals surface area contributed by atoms with E-state index in [4.69, 9.17) is 16.3 Å². The van der Waals surface area contributed by atoms with Crippen LogP contribution in [0.2, 0.25) is 5.02 Å². The number of guanidine groups is 1. The molecule has 26 heavy (non-hydrogen) atoms. The maximum absolute atomic E-state index is 6.43. The summed E-state index contributed by atoms with van der Waals surface area (Å²) in [7, 11) is 6.06. The first-order chi connectivity index (χ1) is 12.6. The smallest absolute Gasteiger partial charge is 0.193 e. The SMILES string of the molecule is CN=C(NCC(c1ccccc1Cl)N(C)C)N1CC2C3CCC(O3)C2C1. The minimum absolute atomic E-state index is 0.196. The van der Waals surface area contributed by atoms with Crippen molar-refractivity contribution in [3.63, 3.8) is 0 Å². The highest BCUT2D eigenvalue weighted by molar-refractivity contribution is 6.31. The lowest BCUT2D eigenvalue weighted by atomic mass is 9.82. The van der Waals surface area contributed by atoms with Crippen LogP contribution in [0.1, 0.15) is 24.4 Å². The number of nitrogens with zero attached hydrogens (tertiary/aromatic N) is 3. The van der Waals surface area contributed by atoms with Crippen molar-refractivity contribution >= 4 is 17.6 Å². The molecular formula is C20H29ClN4O. The van der Waals surface area contributed by atoms with Crippen LogP contribution in [0.3, 0.4) is 0 Å². The summed E-state index contributed by atoms with van der Waals surface area (Å²) >= 11 is 6.43. The standard InChI is InChI=1S/C20H29ClN4O/c1-22-20(25-11-14-15(12-25)19-9-8-18(14)26-19)23-10-17(24(2)3)13-6-4-5-7-16(13)21/h4-7,14-15,17-19H,8-12H2,1-3H3,(H,22,23). The molecule has 3 heterocycles. The third kappa shape index (κ3) is 3.21. The molecule has 142 valence electrons. The van der Waals surface area contributed by atoms with Gasteiger partial charge >= 0.3 is 0 Å². The third-order valence-corrected chi connectivity index (χ3v) is 6.65. The largest absolute Gasteiger partial charge is 0.374 e. The van der Waals surface area contributed by atoms with E-state index in [1.165, 1.54) is 12.8 Å². The Morgan fingerprint density at radius 3 is 2.50 bits per heavy atom. The summed E-state index contributed by atoms with van der Waals surface area (Å²) in [5.41, 5.74) is 1.15. The number of likely N-dealkylation sites (tertiary alicyclic amines) is 1. The van der Waals surface area contributed by atoms with Gasteiger partial charge in [0.2, 0.25) is 0 Å². The van der Waals surface area contributed by atoms with E-state index in [1.54, 1.807) is 0 Å². The van der Waals surface area contributed by atoms with Gasteiger partial charge in [-0.15, -0.1) is 0 Å². The number of hydrogen-bond acceptors (Lipinski definition) is 3. The number of nitrogens with one attached hydrogen (secondary N) is 1. The van der Waals surface area contributed by atoms with Gasteiger partial charge in [0.15, 0.2) is 5.96 Å². The minimum Gasteiger partial charge on any atom is -0.374 e. The van der Waals surface area contributed by atoms with Gasteiger partial charge in [-0.05, 0) is 38.6 Å². The van der Waals surface area contributed by atoms with Gasteiger partial charge in [0.05, 0.1) is 18.2 Å². The van der Waals surface area contributed by atoms with Crippen molar-refractivity contribution in [3.05, 3.63) is 34.9 Å². The Balaban J connectivity index is 1.42. The molecule has 6 heteroatoms. The van der Waals surface area contributed by atoms with Gasteiger partial charge in [-0.3, -0.25) is 4.99 Å². The van der Waals surface area contributed by atoms with Crippen LogP contribution in [0.4, 0.5) is 0 Å². The summed E-state index contributed by atoms with van der Waals surface area (Å²) in [5.74, 6) is 2.36. The molecule has 0 aliphatic carbocycles. The summed E-state index contributed by atoms with van der Waals surface area (Å²) in [4.78, 5) is 9.18. The maximum atomic E-state index is 6.43. The normalized spacial score (nSPS) is 31.6. The molecular weight excluding hydrogens is 348 g/mol. The lowest BCUT2D eigenvalue weighted by Gasteiger charge is -2.29. The van der Waals surface area contributed by atoms with Crippen LogP contribution in [0, 0.1) is 11.8 Å². The monoisotopic (exact) mass is 376 g/mol. The summed E-state index contributed by atoms with van der Waals surface area (Å²) < 4.78 is 6.09. The van der Waals surface area contributed by atoms with E-state index in [-0.39, 0.29) is 6.04 Å². The number of aliphatic imine (C=N–C) groups is 1. The number of benzene rings is 1. The molecule has 1 N–H and O–H groups in total. The van der Waals surface area contributed by atoms with E-state index in [2.05, 4.69) is 40.3 Å². The van der Waals surface area contributed by atoms with Crippen molar-refractivity contribution in [3.8, 4) is 0 Å². The average molecular weight is 377 g/mol. The average Bonchev–Trinajstić information content (AvgIpc) is 3.32. The Morgan fingerprint density at radius 1 is 1.27 bits per heavy atom. The van der Waals surface area contributed by atoms with Crippen LogP contribution >= 0.6 is 11.6 Å². The quantitative estimate of drug-likeness (QED) is 0.647. The van der Waals surface area contributed by atoms with Gasteiger partial charge in [0, 0.05) is 43.5 Å². The first-order valence-corrected chi connectivity index (χ1v) is 9.98. The van der Waals surface area contributed by atoms with E-state index < -0.39 is 0 Å². The molecule has 0 amide bonds. The van der Waals surface area contributed by atoms with Gasteiger partial charge < -0.3 is 19.9 Å². The first kappa shape index (κ1) is 18.1. The van der Waals surface area contributed by atoms with Crippen molar-refractivity contribution in [2.45, 2.75) is 31.1 Å². The van der Waals surface area contributed by atoms with Crippen LogP contribution in [0.5, 0.6) is 0 Å². The molecule has 3 aliphatic heterocycles. The third-order valence-electron chi connectivity index (χ3n) is 6.31. The molecule has 3 aliphatic rings. The lowest BCUT2D eigenvalue weighted by molar-refractivity contribution is 0.0767. The van der Waals surface area contributed by atoms with Gasteiger partial charge in [-0.1, -0.05) is 29.8 Å². The van der Waals surface area contributed by atoms with Crippen molar-refractivity contribution in [2.75, 3.05) is 40.8 Å². The van der Waals surface area contributed by atoms with Crippen molar-refractivity contribution in [1.29, 1.82) is 0 Å². The zero-order chi connectivity index (χ0) is 18.3. The predicted molar refractivity (Wildman–Crippen MR) is 106 cm³/mol. The second-order valence-electron chi connectivity index (χ2n) is 7.95. The van der Waals surface area contributed by atoms with Crippen LogP contribution in [0.15, 0.2) is 29.3 Å². The molecule has 1 aromatic carbocycles. The van der Waals surface area contributed by atoms with E-state index in [9.17, 15) is 0 Å². The number of fused-ring (bicyclic) bond motifs is 5. The van der Waals surface area contributed by atoms with Gasteiger partial charge in [0.1, 0.15) is 0 Å². The van der Waals surface area contributed by atoms with E-state index >= 15 is 0 Å². The minimum atomic E-state index is 0.196. The summed E-state index contributed by atoms with van der Waals surface area (Å²) in [6, 6.07) is 8.28. The van der Waals surface area contributed by atoms with Gasteiger partial charge in [-0.25, -0.2) is 0 Å². The van der Waals surface area contributed by atoms with Crippen molar-refractivity contribution in [2.24, 2.45) is 16.8 Å². The molecule has 3 saturated heterocycles. The number of likely N-dealkylation sites (N-methyl/N-ethyl adjacent to an activating group) is 1. The zero-order valence-electron chi connectivity index (χ0n) is 15.9. The van der Waals surface area contributed by atoms with Crippen molar-refractivity contribution < 1.29 is 4.74 Å². The number of halogens is 1. The highest BCUT2D eigenvalue weighted by Crippen LogP contribution is 2.47. The molecule has 5 nitrogen and oxygen atoms in total. The van der Waals surface area contributed by atoms with E-state index in [0.29, 0.717) is 24.0 Å². The van der Waals surface area contributed by atoms with Crippen LogP contribution in [0.25, 0.3) is 0 Å². The lowest BCUT2D eigenvalue weighted by Crippen LogP contribution is -2.44. The number of ether oxygens (including phenoxy) is 1. The summed E-state index contributed by atoms with van der Waals surface area (Å²) in [6.45, 7) is 2.90. The van der Waals surface area contributed by atoms with Crippen LogP contribution < -0.4 is 5.32 Å². The van der Waals surface area contributed by atoms with Gasteiger partial charge in [0.25, 0.3) is 0 Å². The van der Waals surface area contributed by atoms with Crippen molar-refractivity contribution in [1.82, 2.24) is 15.1 Å². The maximum Gasteiger partial charge on any atom is 0.193 e. The second-order valence-corrected chi connectivity index (χ2v) is 8.36. The molecule has 0 spiro atoms. The molecule has 5 atom stereocenters. The molecule has 0 saturated carbocycles. The molecule has 0 radical (unpaired) electrons. The molecule has 5 unspecified atom stereocenters. The fourth-order valence-corrected chi connectivity index (χ4v) is 5.23. The topological polar surface area (TPSA) is 40.1 Å². The van der Waals surface area contributed by atoms with E-state index in [0.717, 1.165) is 36.2 Å². The summed E-state index contributed by atoms with van der Waals surface area (Å²) in [6.07, 6.45) is 3.43. The van der Waals surface area contributed by atoms with Crippen LogP contribution in [-0.2, 0) is 4.74 Å². The predicted octanol–water partition coefficient (Wildman–Crippen LogP) is 2.63. The Morgan fingerprint density at radius 2 is 1.92 bits per heavy atom. The number of hydrogen-bond donors (Lipinski definition) is 1. The highest BCUT2D eigenvalue weighted by atomic mass is 35.5. The molecule has 1 aromatic rings. The second kappa shape index (κ2) is 7.37. The van der Waals surface area contributed by atoms with Crippen LogP contribution in [-0.4, -0.2) is 68.7 Å². The van der Waals surface area contributed by atoms with E-state index in [1.807, 2.05) is 25.2 Å². The molecule has 4 rings (SSSR count). The first-order valence-electron chi connectivity index (χ1n) is 9.60. The molecule has 3 fully saturated rings. The Bertz CT molecular complexity index is 662. The molecule has 2 bridgehead atoms. The Labute approximate surface area is 161 Å². The Hall–Kier alpha value is -1.30. The fourth-order valence-electron chi connectivity index (χ4n) is 4.97. The van der Waals surface area contributed by atoms with Gasteiger partial charge in [-0.2, -0.15) is 0 Å². The summed E-state index contributed by atoms with van der Waals surface area (Å²) in [5, 5.41) is 4.41. The molecule has 0 aromatic heterocycles. The zero-order valence-corrected chi connectivity index (χ0v) is 16.6. The Kier molecular flexibility index (Phi) is 5.13. The highest BCUT2D eigenvalue weighted by Gasteiger charge is 2.53.